The quantitative estimate of drug-likeness (QED) is 0.901. The van der Waals surface area contributed by atoms with Crippen molar-refractivity contribution in [3.05, 3.63) is 48.2 Å². The van der Waals surface area contributed by atoms with Crippen molar-refractivity contribution in [1.29, 1.82) is 0 Å². The number of benzene rings is 1. The fraction of sp³-hybridized carbons (Fsp3) is 0.368. The van der Waals surface area contributed by atoms with Crippen molar-refractivity contribution in [1.82, 2.24) is 10.3 Å². The number of fused-ring (bicyclic) bond motifs is 1. The van der Waals surface area contributed by atoms with Gasteiger partial charge in [0.1, 0.15) is 11.6 Å². The topological polar surface area (TPSA) is 66.5 Å². The molecule has 6 nitrogen and oxygen atoms in total. The molecule has 0 aliphatic carbocycles. The van der Waals surface area contributed by atoms with E-state index in [9.17, 15) is 4.79 Å². The van der Waals surface area contributed by atoms with E-state index in [0.717, 1.165) is 36.6 Å². The molecule has 130 valence electrons. The van der Waals surface area contributed by atoms with Crippen LogP contribution in [0.4, 0.5) is 16.3 Å². The number of pyridine rings is 1. The van der Waals surface area contributed by atoms with E-state index in [0.29, 0.717) is 12.3 Å². The Kier molecular flexibility index (Phi) is 4.41. The summed E-state index contributed by atoms with van der Waals surface area (Å²) < 4.78 is 5.63. The molecule has 1 fully saturated rings. The second-order valence-electron chi connectivity index (χ2n) is 6.43. The van der Waals surface area contributed by atoms with Crippen molar-refractivity contribution >= 4 is 17.5 Å². The smallest absolute Gasteiger partial charge is 0.319 e. The van der Waals surface area contributed by atoms with Gasteiger partial charge in [0.2, 0.25) is 0 Å². The number of carbonyl (C=O) groups is 1. The van der Waals surface area contributed by atoms with E-state index in [2.05, 4.69) is 20.5 Å². The molecule has 1 aromatic carbocycles. The van der Waals surface area contributed by atoms with Gasteiger partial charge in [-0.2, -0.15) is 0 Å². The number of nitrogens with one attached hydrogen (secondary N) is 2. The highest BCUT2D eigenvalue weighted by molar-refractivity contribution is 5.89. The summed E-state index contributed by atoms with van der Waals surface area (Å²) in [5.74, 6) is 1.82. The molecule has 0 radical (unpaired) electrons. The first kappa shape index (κ1) is 15.7. The summed E-state index contributed by atoms with van der Waals surface area (Å²) in [6, 6.07) is 11.4. The van der Waals surface area contributed by atoms with Gasteiger partial charge in [-0.3, -0.25) is 0 Å². The Labute approximate surface area is 147 Å². The second kappa shape index (κ2) is 7.01. The molecular weight excluding hydrogens is 316 g/mol. The fourth-order valence-corrected chi connectivity index (χ4v) is 3.41. The number of nitrogens with zero attached hydrogens (tertiary/aromatic N) is 2. The maximum atomic E-state index is 12.3. The summed E-state index contributed by atoms with van der Waals surface area (Å²) in [7, 11) is 0. The normalized spacial score (nSPS) is 19.0. The molecule has 0 spiro atoms. The number of urea groups is 1. The van der Waals surface area contributed by atoms with Crippen LogP contribution in [0, 0.1) is 0 Å². The van der Waals surface area contributed by atoms with Crippen molar-refractivity contribution in [2.24, 2.45) is 0 Å². The fourth-order valence-electron chi connectivity index (χ4n) is 3.41. The molecule has 2 aliphatic rings. The van der Waals surface area contributed by atoms with E-state index < -0.39 is 0 Å². The van der Waals surface area contributed by atoms with Gasteiger partial charge in [0.15, 0.2) is 0 Å². The van der Waals surface area contributed by atoms with Crippen molar-refractivity contribution in [2.75, 3.05) is 29.9 Å². The van der Waals surface area contributed by atoms with Crippen LogP contribution in [0.1, 0.15) is 30.9 Å². The summed E-state index contributed by atoms with van der Waals surface area (Å²) in [6.45, 7) is 2.72. The monoisotopic (exact) mass is 338 g/mol. The lowest BCUT2D eigenvalue weighted by atomic mass is 10.0. The number of hydrogen-bond donors (Lipinski definition) is 2. The van der Waals surface area contributed by atoms with E-state index in [1.165, 1.54) is 12.8 Å². The molecule has 2 aromatic rings. The first-order chi connectivity index (χ1) is 12.3. The molecule has 6 heteroatoms. The Morgan fingerprint density at radius 1 is 1.16 bits per heavy atom. The Hall–Kier alpha value is -2.76. The molecule has 1 aromatic heterocycles. The van der Waals surface area contributed by atoms with Gasteiger partial charge >= 0.3 is 6.03 Å². The Balaban J connectivity index is 1.38. The van der Waals surface area contributed by atoms with Crippen LogP contribution < -0.4 is 20.3 Å². The molecule has 4 rings (SSSR count). The number of hydrogen-bond acceptors (Lipinski definition) is 4. The molecule has 1 saturated heterocycles. The molecular formula is C19H22N4O2. The SMILES string of the molecule is O=C(Nc1ccc(N2CCCC2)nc1)N[C@@H]1CCOc2ccccc21. The van der Waals surface area contributed by atoms with Crippen molar-refractivity contribution in [2.45, 2.75) is 25.3 Å². The number of anilines is 2. The largest absolute Gasteiger partial charge is 0.493 e. The van der Waals surface area contributed by atoms with Crippen LogP contribution in [0.5, 0.6) is 5.75 Å². The molecule has 25 heavy (non-hydrogen) atoms. The van der Waals surface area contributed by atoms with Crippen LogP contribution in [0.25, 0.3) is 0 Å². The minimum Gasteiger partial charge on any atom is -0.493 e. The van der Waals surface area contributed by atoms with Gasteiger partial charge in [0, 0.05) is 25.1 Å². The number of carbonyl (C=O) groups excluding carboxylic acids is 1. The van der Waals surface area contributed by atoms with Gasteiger partial charge in [-0.05, 0) is 31.0 Å². The van der Waals surface area contributed by atoms with Gasteiger partial charge < -0.3 is 20.3 Å². The van der Waals surface area contributed by atoms with Crippen LogP contribution in [0.15, 0.2) is 42.6 Å². The Morgan fingerprint density at radius 3 is 2.80 bits per heavy atom. The molecule has 2 amide bonds. The highest BCUT2D eigenvalue weighted by Crippen LogP contribution is 2.31. The molecule has 0 bridgehead atoms. The predicted molar refractivity (Wildman–Crippen MR) is 97.1 cm³/mol. The molecule has 1 atom stereocenters. The maximum absolute atomic E-state index is 12.3. The number of amides is 2. The molecule has 2 N–H and O–H groups in total. The van der Waals surface area contributed by atoms with Gasteiger partial charge in [-0.15, -0.1) is 0 Å². The first-order valence-corrected chi connectivity index (χ1v) is 8.80. The van der Waals surface area contributed by atoms with Crippen molar-refractivity contribution in [3.63, 3.8) is 0 Å². The Morgan fingerprint density at radius 2 is 2.00 bits per heavy atom. The van der Waals surface area contributed by atoms with Crippen LogP contribution in [-0.2, 0) is 0 Å². The highest BCUT2D eigenvalue weighted by atomic mass is 16.5. The third-order valence-electron chi connectivity index (χ3n) is 4.70. The van der Waals surface area contributed by atoms with Crippen LogP contribution in [0.3, 0.4) is 0 Å². The van der Waals surface area contributed by atoms with Crippen LogP contribution in [-0.4, -0.2) is 30.7 Å². The summed E-state index contributed by atoms with van der Waals surface area (Å²) in [5, 5.41) is 5.89. The van der Waals surface area contributed by atoms with E-state index in [4.69, 9.17) is 4.74 Å². The Bertz CT molecular complexity index is 741. The summed E-state index contributed by atoms with van der Waals surface area (Å²) >= 11 is 0. The average molecular weight is 338 g/mol. The lowest BCUT2D eigenvalue weighted by Crippen LogP contribution is -2.35. The number of aromatic nitrogens is 1. The lowest BCUT2D eigenvalue weighted by molar-refractivity contribution is 0.232. The van der Waals surface area contributed by atoms with Crippen molar-refractivity contribution in [3.8, 4) is 5.75 Å². The van der Waals surface area contributed by atoms with Crippen LogP contribution >= 0.6 is 0 Å². The molecule has 3 heterocycles. The van der Waals surface area contributed by atoms with Gasteiger partial charge in [0.05, 0.1) is 24.5 Å². The third kappa shape index (κ3) is 3.52. The number of ether oxygens (including phenoxy) is 1. The summed E-state index contributed by atoms with van der Waals surface area (Å²) in [4.78, 5) is 19.1. The van der Waals surface area contributed by atoms with Gasteiger partial charge in [-0.25, -0.2) is 9.78 Å². The minimum atomic E-state index is -0.225. The number of rotatable bonds is 3. The van der Waals surface area contributed by atoms with Crippen molar-refractivity contribution < 1.29 is 9.53 Å². The lowest BCUT2D eigenvalue weighted by Gasteiger charge is -2.26. The summed E-state index contributed by atoms with van der Waals surface area (Å²) in [6.07, 6.45) is 4.91. The molecule has 0 unspecified atom stereocenters. The average Bonchev–Trinajstić information content (AvgIpc) is 3.17. The van der Waals surface area contributed by atoms with Gasteiger partial charge in [-0.1, -0.05) is 18.2 Å². The highest BCUT2D eigenvalue weighted by Gasteiger charge is 2.22. The van der Waals surface area contributed by atoms with Gasteiger partial charge in [0.25, 0.3) is 0 Å². The van der Waals surface area contributed by atoms with Crippen LogP contribution in [0.2, 0.25) is 0 Å². The summed E-state index contributed by atoms with van der Waals surface area (Å²) in [5.41, 5.74) is 1.71. The zero-order valence-electron chi connectivity index (χ0n) is 14.1. The van der Waals surface area contributed by atoms with E-state index in [1.807, 2.05) is 36.4 Å². The number of para-hydroxylation sites is 1. The second-order valence-corrected chi connectivity index (χ2v) is 6.43. The zero-order chi connectivity index (χ0) is 17.1. The zero-order valence-corrected chi connectivity index (χ0v) is 14.1. The minimum absolute atomic E-state index is 0.0400. The predicted octanol–water partition coefficient (Wildman–Crippen LogP) is 3.33. The van der Waals surface area contributed by atoms with E-state index >= 15 is 0 Å². The molecule has 0 saturated carbocycles. The standard InChI is InChI=1S/C19H22N4O2/c24-19(22-16-9-12-25-17-6-2-1-5-15(16)17)21-14-7-8-18(20-13-14)23-10-3-4-11-23/h1-2,5-8,13,16H,3-4,9-12H2,(H2,21,22,24)/t16-/m1/s1. The maximum Gasteiger partial charge on any atom is 0.319 e. The van der Waals surface area contributed by atoms with E-state index in [-0.39, 0.29) is 12.1 Å². The molecule has 2 aliphatic heterocycles. The van der Waals surface area contributed by atoms with E-state index in [1.54, 1.807) is 6.20 Å². The first-order valence-electron chi connectivity index (χ1n) is 8.80. The third-order valence-corrected chi connectivity index (χ3v) is 4.70.